The highest BCUT2D eigenvalue weighted by Crippen LogP contribution is 2.30. The summed E-state index contributed by atoms with van der Waals surface area (Å²) in [5.74, 6) is -0.482. The summed E-state index contributed by atoms with van der Waals surface area (Å²) in [5, 5.41) is 4.19. The van der Waals surface area contributed by atoms with Crippen molar-refractivity contribution in [3.63, 3.8) is 0 Å². The second-order valence-corrected chi connectivity index (χ2v) is 5.82. The quantitative estimate of drug-likeness (QED) is 0.728. The maximum atomic E-state index is 11.2. The maximum absolute atomic E-state index is 11.2. The molecule has 1 aromatic rings. The van der Waals surface area contributed by atoms with E-state index >= 15 is 0 Å². The third-order valence-corrected chi connectivity index (χ3v) is 4.50. The molecule has 1 aliphatic rings. The molecule has 0 radical (unpaired) electrons. The topological polar surface area (TPSA) is 81.1 Å². The summed E-state index contributed by atoms with van der Waals surface area (Å²) in [6.07, 6.45) is 5.73. The van der Waals surface area contributed by atoms with Crippen LogP contribution in [-0.4, -0.2) is 23.5 Å². The van der Waals surface area contributed by atoms with Crippen molar-refractivity contribution in [2.45, 2.75) is 30.6 Å². The molecule has 1 saturated carbocycles. The molecule has 5 N–H and O–H groups in total. The van der Waals surface area contributed by atoms with E-state index in [2.05, 4.69) is 11.6 Å². The first-order chi connectivity index (χ1) is 8.60. The number of benzene rings is 1. The van der Waals surface area contributed by atoms with E-state index in [1.807, 2.05) is 17.8 Å². The molecule has 0 bridgehead atoms. The van der Waals surface area contributed by atoms with E-state index in [-0.39, 0.29) is 0 Å². The number of nitrogens with one attached hydrogen (secondary N) is 1. The number of nitrogens with two attached hydrogens (primary N) is 2. The first kappa shape index (κ1) is 13.1. The van der Waals surface area contributed by atoms with Crippen LogP contribution in [0.4, 0.5) is 11.4 Å². The Morgan fingerprint density at radius 2 is 2.22 bits per heavy atom. The van der Waals surface area contributed by atoms with Crippen molar-refractivity contribution in [2.24, 2.45) is 5.73 Å². The SMILES string of the molecule is CSC1CCC(Nc2ccc(N)c(C(N)=O)c2)C1. The lowest BCUT2D eigenvalue weighted by Crippen LogP contribution is -2.18. The number of hydrogen-bond acceptors (Lipinski definition) is 4. The molecule has 1 aromatic carbocycles. The number of nitrogen functional groups attached to an aromatic ring is 1. The van der Waals surface area contributed by atoms with Gasteiger partial charge in [-0.05, 0) is 43.7 Å². The third kappa shape index (κ3) is 2.90. The Kier molecular flexibility index (Phi) is 4.01. The normalized spacial score (nSPS) is 22.9. The molecular weight excluding hydrogens is 246 g/mol. The lowest BCUT2D eigenvalue weighted by atomic mass is 10.1. The number of anilines is 2. The summed E-state index contributed by atoms with van der Waals surface area (Å²) in [6, 6.07) is 5.84. The van der Waals surface area contributed by atoms with Crippen LogP contribution in [0.2, 0.25) is 0 Å². The summed E-state index contributed by atoms with van der Waals surface area (Å²) in [7, 11) is 0. The summed E-state index contributed by atoms with van der Waals surface area (Å²) in [5.41, 5.74) is 12.7. The number of primary amides is 1. The Morgan fingerprint density at radius 3 is 2.83 bits per heavy atom. The number of amides is 1. The second-order valence-electron chi connectivity index (χ2n) is 4.68. The number of thioether (sulfide) groups is 1. The molecule has 1 amide bonds. The number of carbonyl (C=O) groups is 1. The van der Waals surface area contributed by atoms with Crippen molar-refractivity contribution >= 4 is 29.0 Å². The molecule has 0 heterocycles. The van der Waals surface area contributed by atoms with Gasteiger partial charge in [-0.1, -0.05) is 0 Å². The van der Waals surface area contributed by atoms with Gasteiger partial charge in [0.2, 0.25) is 0 Å². The van der Waals surface area contributed by atoms with Crippen molar-refractivity contribution < 1.29 is 4.79 Å². The number of carbonyl (C=O) groups excluding carboxylic acids is 1. The first-order valence-electron chi connectivity index (χ1n) is 6.09. The minimum absolute atomic E-state index is 0.388. The fourth-order valence-electron chi connectivity index (χ4n) is 2.38. The van der Waals surface area contributed by atoms with E-state index in [0.29, 0.717) is 17.3 Å². The van der Waals surface area contributed by atoms with Gasteiger partial charge in [0.15, 0.2) is 0 Å². The first-order valence-corrected chi connectivity index (χ1v) is 7.37. The lowest BCUT2D eigenvalue weighted by Gasteiger charge is -2.15. The fourth-order valence-corrected chi connectivity index (χ4v) is 3.18. The molecule has 18 heavy (non-hydrogen) atoms. The van der Waals surface area contributed by atoms with Crippen molar-refractivity contribution in [1.29, 1.82) is 0 Å². The van der Waals surface area contributed by atoms with Crippen molar-refractivity contribution in [3.05, 3.63) is 23.8 Å². The zero-order valence-electron chi connectivity index (χ0n) is 10.5. The van der Waals surface area contributed by atoms with Crippen LogP contribution in [0, 0.1) is 0 Å². The Bertz CT molecular complexity index is 450. The molecule has 98 valence electrons. The Balaban J connectivity index is 2.06. The van der Waals surface area contributed by atoms with E-state index in [4.69, 9.17) is 11.5 Å². The van der Waals surface area contributed by atoms with Crippen LogP contribution < -0.4 is 16.8 Å². The van der Waals surface area contributed by atoms with Gasteiger partial charge in [-0.3, -0.25) is 4.79 Å². The molecule has 1 aliphatic carbocycles. The number of rotatable bonds is 4. The Labute approximate surface area is 111 Å². The van der Waals surface area contributed by atoms with Gasteiger partial charge in [-0.2, -0.15) is 11.8 Å². The van der Waals surface area contributed by atoms with E-state index in [0.717, 1.165) is 17.4 Å². The van der Waals surface area contributed by atoms with Gasteiger partial charge >= 0.3 is 0 Å². The van der Waals surface area contributed by atoms with Gasteiger partial charge in [0.05, 0.1) is 5.56 Å². The van der Waals surface area contributed by atoms with E-state index in [9.17, 15) is 4.79 Å². The molecular formula is C13H19N3OS. The van der Waals surface area contributed by atoms with Crippen LogP contribution in [0.1, 0.15) is 29.6 Å². The Hall–Kier alpha value is -1.36. The van der Waals surface area contributed by atoms with Crippen LogP contribution in [0.25, 0.3) is 0 Å². The smallest absolute Gasteiger partial charge is 0.250 e. The van der Waals surface area contributed by atoms with Crippen molar-refractivity contribution in [2.75, 3.05) is 17.3 Å². The monoisotopic (exact) mass is 265 g/mol. The second kappa shape index (κ2) is 5.52. The van der Waals surface area contributed by atoms with E-state index in [1.54, 1.807) is 12.1 Å². The predicted molar refractivity (Wildman–Crippen MR) is 77.9 cm³/mol. The highest BCUT2D eigenvalue weighted by Gasteiger charge is 2.23. The summed E-state index contributed by atoms with van der Waals surface area (Å²) >= 11 is 1.92. The average Bonchev–Trinajstić information content (AvgIpc) is 2.79. The van der Waals surface area contributed by atoms with Gasteiger partial charge < -0.3 is 16.8 Å². The minimum atomic E-state index is -0.482. The van der Waals surface area contributed by atoms with Crippen LogP contribution in [0.15, 0.2) is 18.2 Å². The third-order valence-electron chi connectivity index (χ3n) is 3.41. The summed E-state index contributed by atoms with van der Waals surface area (Å²) < 4.78 is 0. The molecule has 0 aromatic heterocycles. The molecule has 0 saturated heterocycles. The van der Waals surface area contributed by atoms with Crippen LogP contribution in [0.3, 0.4) is 0 Å². The highest BCUT2D eigenvalue weighted by atomic mass is 32.2. The summed E-state index contributed by atoms with van der Waals surface area (Å²) in [4.78, 5) is 11.2. The Morgan fingerprint density at radius 1 is 1.44 bits per heavy atom. The van der Waals surface area contributed by atoms with Crippen LogP contribution in [0.5, 0.6) is 0 Å². The van der Waals surface area contributed by atoms with E-state index in [1.165, 1.54) is 12.8 Å². The molecule has 1 fully saturated rings. The minimum Gasteiger partial charge on any atom is -0.398 e. The zero-order chi connectivity index (χ0) is 13.1. The molecule has 2 rings (SSSR count). The molecule has 2 unspecified atom stereocenters. The van der Waals surface area contributed by atoms with E-state index < -0.39 is 5.91 Å². The van der Waals surface area contributed by atoms with Crippen molar-refractivity contribution in [1.82, 2.24) is 0 Å². The zero-order valence-corrected chi connectivity index (χ0v) is 11.3. The fraction of sp³-hybridized carbons (Fsp3) is 0.462. The standard InChI is InChI=1S/C13H19N3OS/c1-18-10-4-2-8(6-10)16-9-3-5-12(14)11(7-9)13(15)17/h3,5,7-8,10,16H,2,4,6,14H2,1H3,(H2,15,17). The molecule has 2 atom stereocenters. The van der Waals surface area contributed by atoms with Gasteiger partial charge in [0.1, 0.15) is 0 Å². The average molecular weight is 265 g/mol. The molecule has 4 nitrogen and oxygen atoms in total. The lowest BCUT2D eigenvalue weighted by molar-refractivity contribution is 0.100. The van der Waals surface area contributed by atoms with Crippen LogP contribution >= 0.6 is 11.8 Å². The van der Waals surface area contributed by atoms with Gasteiger partial charge in [0, 0.05) is 22.7 Å². The molecule has 5 heteroatoms. The van der Waals surface area contributed by atoms with Gasteiger partial charge in [-0.25, -0.2) is 0 Å². The van der Waals surface area contributed by atoms with Crippen molar-refractivity contribution in [3.8, 4) is 0 Å². The molecule has 0 aliphatic heterocycles. The maximum Gasteiger partial charge on any atom is 0.250 e. The predicted octanol–water partition coefficient (Wildman–Crippen LogP) is 2.06. The summed E-state index contributed by atoms with van der Waals surface area (Å²) in [6.45, 7) is 0. The van der Waals surface area contributed by atoms with Crippen LogP contribution in [-0.2, 0) is 0 Å². The molecule has 0 spiro atoms. The number of hydrogen-bond donors (Lipinski definition) is 3. The van der Waals surface area contributed by atoms with Gasteiger partial charge in [-0.15, -0.1) is 0 Å². The van der Waals surface area contributed by atoms with Gasteiger partial charge in [0.25, 0.3) is 5.91 Å². The largest absolute Gasteiger partial charge is 0.398 e. The highest BCUT2D eigenvalue weighted by molar-refractivity contribution is 7.99.